The number of nitrogens with zero attached hydrogens (tertiary/aromatic N) is 6. The van der Waals surface area contributed by atoms with Gasteiger partial charge in [0, 0.05) is 37.1 Å². The van der Waals surface area contributed by atoms with E-state index in [1.54, 1.807) is 17.0 Å². The first-order valence-corrected chi connectivity index (χ1v) is 16.0. The first kappa shape index (κ1) is 30.1. The summed E-state index contributed by atoms with van der Waals surface area (Å²) < 4.78 is 11.4. The van der Waals surface area contributed by atoms with Crippen LogP contribution in [0.2, 0.25) is 0 Å². The fourth-order valence-corrected chi connectivity index (χ4v) is 6.53. The summed E-state index contributed by atoms with van der Waals surface area (Å²) in [5.41, 5.74) is 3.35. The van der Waals surface area contributed by atoms with Gasteiger partial charge in [-0.15, -0.1) is 10.2 Å². The van der Waals surface area contributed by atoms with Crippen LogP contribution in [0.1, 0.15) is 64.1 Å². The van der Waals surface area contributed by atoms with Crippen LogP contribution < -0.4 is 4.74 Å². The molecule has 47 heavy (non-hydrogen) atoms. The zero-order valence-corrected chi connectivity index (χ0v) is 26.0. The molecule has 3 aromatic carbocycles. The van der Waals surface area contributed by atoms with Gasteiger partial charge < -0.3 is 19.0 Å². The van der Waals surface area contributed by atoms with Crippen molar-refractivity contribution < 1.29 is 18.7 Å². The van der Waals surface area contributed by atoms with Crippen molar-refractivity contribution in [1.82, 2.24) is 25.0 Å². The molecule has 2 saturated heterocycles. The van der Waals surface area contributed by atoms with Gasteiger partial charge in [0.2, 0.25) is 12.3 Å². The molecule has 236 valence electrons. The van der Waals surface area contributed by atoms with Crippen molar-refractivity contribution in [3.8, 4) is 23.3 Å². The topological polar surface area (TPSA) is 125 Å². The van der Waals surface area contributed by atoms with E-state index in [4.69, 9.17) is 14.1 Å². The molecule has 0 spiro atoms. The van der Waals surface area contributed by atoms with Crippen molar-refractivity contribution in [2.75, 3.05) is 26.2 Å². The van der Waals surface area contributed by atoms with Gasteiger partial charge in [-0.25, -0.2) is 4.98 Å². The standard InChI is InChI=1S/C37H34N6O4/c38-24-37(28-7-3-1-4-8-28)15-19-43(20-16-37)36(45)33-22-31(35(44)42-17-5-2-6-18-42)30-21-29(13-14-32(30)40-33)46-23-26-9-11-27(12-10-26)34-41-39-25-47-34/h1,3-4,7-14,21-22,25H,2,5-6,15-20,23H2. The normalized spacial score (nSPS) is 16.1. The van der Waals surface area contributed by atoms with E-state index in [2.05, 4.69) is 16.3 Å². The van der Waals surface area contributed by atoms with Crippen molar-refractivity contribution >= 4 is 22.7 Å². The average Bonchev–Trinajstić information content (AvgIpc) is 3.69. The summed E-state index contributed by atoms with van der Waals surface area (Å²) in [5.74, 6) is 0.706. The lowest BCUT2D eigenvalue weighted by atomic mass is 9.74. The third kappa shape index (κ3) is 6.17. The highest BCUT2D eigenvalue weighted by molar-refractivity contribution is 6.09. The van der Waals surface area contributed by atoms with Crippen LogP contribution in [0.5, 0.6) is 5.75 Å². The third-order valence-corrected chi connectivity index (χ3v) is 9.28. The summed E-state index contributed by atoms with van der Waals surface area (Å²) in [6.07, 6.45) is 5.37. The van der Waals surface area contributed by atoms with E-state index in [-0.39, 0.29) is 17.5 Å². The lowest BCUT2D eigenvalue weighted by molar-refractivity contribution is 0.0686. The Morgan fingerprint density at radius 2 is 1.62 bits per heavy atom. The maximum absolute atomic E-state index is 13.9. The Bertz CT molecular complexity index is 1920. The summed E-state index contributed by atoms with van der Waals surface area (Å²) >= 11 is 0. The Labute approximate surface area is 272 Å². The van der Waals surface area contributed by atoms with E-state index >= 15 is 0 Å². The van der Waals surface area contributed by atoms with Gasteiger partial charge in [0.15, 0.2) is 0 Å². The van der Waals surface area contributed by atoms with E-state index in [0.29, 0.717) is 73.7 Å². The number of hydrogen-bond acceptors (Lipinski definition) is 8. The molecule has 0 atom stereocenters. The molecule has 0 radical (unpaired) electrons. The second-order valence-electron chi connectivity index (χ2n) is 12.2. The first-order chi connectivity index (χ1) is 23.0. The Morgan fingerprint density at radius 1 is 0.872 bits per heavy atom. The minimum Gasteiger partial charge on any atom is -0.489 e. The van der Waals surface area contributed by atoms with Crippen molar-refractivity contribution in [3.05, 3.63) is 108 Å². The average molecular weight is 627 g/mol. The number of rotatable bonds is 7. The Kier molecular flexibility index (Phi) is 8.36. The lowest BCUT2D eigenvalue weighted by Crippen LogP contribution is -2.45. The SMILES string of the molecule is N#CC1(c2ccccc2)CCN(C(=O)c2cc(C(=O)N3CCCCC3)c3cc(OCc4ccc(-c5nnco5)cc4)ccc3n2)CC1. The molecule has 2 aliphatic rings. The number of likely N-dealkylation sites (tertiary alicyclic amines) is 2. The summed E-state index contributed by atoms with van der Waals surface area (Å²) in [7, 11) is 0. The second kappa shape index (κ2) is 13.0. The minimum absolute atomic E-state index is 0.105. The summed E-state index contributed by atoms with van der Waals surface area (Å²) in [6.45, 7) is 2.54. The molecule has 4 heterocycles. The minimum atomic E-state index is -0.628. The van der Waals surface area contributed by atoms with Crippen molar-refractivity contribution in [2.24, 2.45) is 0 Å². The molecule has 2 aromatic heterocycles. The molecule has 0 aliphatic carbocycles. The quantitative estimate of drug-likeness (QED) is 0.210. The maximum Gasteiger partial charge on any atom is 0.272 e. The number of pyridine rings is 1. The molecule has 2 fully saturated rings. The van der Waals surface area contributed by atoms with Crippen LogP contribution in [0.3, 0.4) is 0 Å². The molecule has 10 heteroatoms. The van der Waals surface area contributed by atoms with Gasteiger partial charge in [-0.3, -0.25) is 9.59 Å². The monoisotopic (exact) mass is 626 g/mol. The van der Waals surface area contributed by atoms with Gasteiger partial charge in [0.05, 0.1) is 22.6 Å². The molecule has 7 rings (SSSR count). The Balaban J connectivity index is 1.14. The van der Waals surface area contributed by atoms with E-state index in [9.17, 15) is 14.9 Å². The van der Waals surface area contributed by atoms with Gasteiger partial charge in [0.1, 0.15) is 18.1 Å². The van der Waals surface area contributed by atoms with Crippen LogP contribution in [0.25, 0.3) is 22.4 Å². The number of fused-ring (bicyclic) bond motifs is 1. The summed E-state index contributed by atoms with van der Waals surface area (Å²) in [4.78, 5) is 36.2. The van der Waals surface area contributed by atoms with Crippen molar-refractivity contribution in [2.45, 2.75) is 44.1 Å². The number of amides is 2. The summed E-state index contributed by atoms with van der Waals surface area (Å²) in [6, 6.07) is 27.1. The maximum atomic E-state index is 13.9. The molecule has 0 bridgehead atoms. The highest BCUT2D eigenvalue weighted by atomic mass is 16.5. The zero-order chi connectivity index (χ0) is 32.2. The first-order valence-electron chi connectivity index (χ1n) is 16.0. The predicted octanol–water partition coefficient (Wildman–Crippen LogP) is 6.19. The molecule has 0 unspecified atom stereocenters. The van der Waals surface area contributed by atoms with Crippen LogP contribution in [0, 0.1) is 11.3 Å². The fraction of sp³-hybridized carbons (Fsp3) is 0.297. The molecule has 5 aromatic rings. The zero-order valence-electron chi connectivity index (χ0n) is 26.0. The molecule has 2 aliphatic heterocycles. The van der Waals surface area contributed by atoms with E-state index in [0.717, 1.165) is 36.0 Å². The van der Waals surface area contributed by atoms with Gasteiger partial charge in [-0.1, -0.05) is 42.5 Å². The number of hydrogen-bond donors (Lipinski definition) is 0. The number of ether oxygens (including phenoxy) is 1. The van der Waals surface area contributed by atoms with Gasteiger partial charge >= 0.3 is 0 Å². The van der Waals surface area contributed by atoms with Crippen LogP contribution in [0.4, 0.5) is 0 Å². The smallest absolute Gasteiger partial charge is 0.272 e. The van der Waals surface area contributed by atoms with E-state index < -0.39 is 5.41 Å². The molecule has 0 N–H and O–H groups in total. The van der Waals surface area contributed by atoms with Gasteiger partial charge in [0.25, 0.3) is 11.8 Å². The molecular weight excluding hydrogens is 592 g/mol. The predicted molar refractivity (Wildman–Crippen MR) is 174 cm³/mol. The number of carbonyl (C=O) groups excluding carboxylic acids is 2. The number of piperidine rings is 2. The Morgan fingerprint density at radius 3 is 2.32 bits per heavy atom. The highest BCUT2D eigenvalue weighted by Crippen LogP contribution is 2.35. The number of carbonyl (C=O) groups is 2. The lowest BCUT2D eigenvalue weighted by Gasteiger charge is -2.37. The van der Waals surface area contributed by atoms with Crippen LogP contribution in [-0.4, -0.2) is 63.0 Å². The Hall–Kier alpha value is -5.56. The van der Waals surface area contributed by atoms with Crippen LogP contribution in [-0.2, 0) is 12.0 Å². The number of benzene rings is 3. The van der Waals surface area contributed by atoms with E-state index in [1.165, 1.54) is 6.39 Å². The van der Waals surface area contributed by atoms with Crippen molar-refractivity contribution in [3.63, 3.8) is 0 Å². The molecular formula is C37H34N6O4. The summed E-state index contributed by atoms with van der Waals surface area (Å²) in [5, 5.41) is 18.4. The van der Waals surface area contributed by atoms with Crippen molar-refractivity contribution in [1.29, 1.82) is 5.26 Å². The fourth-order valence-electron chi connectivity index (χ4n) is 6.53. The number of nitriles is 1. The molecule has 0 saturated carbocycles. The number of aromatic nitrogens is 3. The highest BCUT2D eigenvalue weighted by Gasteiger charge is 2.38. The molecule has 2 amide bonds. The van der Waals surface area contributed by atoms with Gasteiger partial charge in [-0.05, 0) is 79.6 Å². The molecule has 10 nitrogen and oxygen atoms in total. The second-order valence-corrected chi connectivity index (χ2v) is 12.2. The largest absolute Gasteiger partial charge is 0.489 e. The van der Waals surface area contributed by atoms with E-state index in [1.807, 2.05) is 71.6 Å². The van der Waals surface area contributed by atoms with Gasteiger partial charge in [-0.2, -0.15) is 5.26 Å². The van der Waals surface area contributed by atoms with Crippen LogP contribution in [0.15, 0.2) is 89.7 Å². The third-order valence-electron chi connectivity index (χ3n) is 9.28. The van der Waals surface area contributed by atoms with Crippen LogP contribution >= 0.6 is 0 Å².